The second-order valence-electron chi connectivity index (χ2n) is 5.20. The van der Waals surface area contributed by atoms with Gasteiger partial charge in [-0.15, -0.1) is 0 Å². The molecule has 1 unspecified atom stereocenters. The van der Waals surface area contributed by atoms with Crippen LogP contribution in [0.5, 0.6) is 0 Å². The molecule has 3 heteroatoms. The van der Waals surface area contributed by atoms with Crippen molar-refractivity contribution in [2.75, 3.05) is 31.6 Å². The fourth-order valence-corrected chi connectivity index (χ4v) is 2.43. The molecular formula is C16H25N3. The average Bonchev–Trinajstić information content (AvgIpc) is 2.47. The van der Waals surface area contributed by atoms with Crippen LogP contribution >= 0.6 is 0 Å². The van der Waals surface area contributed by atoms with E-state index in [1.54, 1.807) is 0 Å². The normalized spacial score (nSPS) is 18.6. The number of nitrogens with one attached hydrogen (secondary N) is 2. The van der Waals surface area contributed by atoms with Gasteiger partial charge in [0.1, 0.15) is 0 Å². The van der Waals surface area contributed by atoms with Crippen molar-refractivity contribution in [3.8, 4) is 0 Å². The Morgan fingerprint density at radius 3 is 2.74 bits per heavy atom. The minimum absolute atomic E-state index is 0.589. The minimum Gasteiger partial charge on any atom is -0.387 e. The van der Waals surface area contributed by atoms with E-state index in [-0.39, 0.29) is 0 Å². The van der Waals surface area contributed by atoms with Gasteiger partial charge in [-0.1, -0.05) is 25.1 Å². The molecule has 2 rings (SSSR count). The highest BCUT2D eigenvalue weighted by atomic mass is 15.1. The number of hydrogen-bond donors (Lipinski definition) is 2. The molecule has 0 saturated heterocycles. The molecule has 0 saturated carbocycles. The van der Waals surface area contributed by atoms with E-state index in [2.05, 4.69) is 66.0 Å². The molecule has 1 heterocycles. The second kappa shape index (κ2) is 7.19. The zero-order chi connectivity index (χ0) is 13.5. The van der Waals surface area contributed by atoms with E-state index >= 15 is 0 Å². The summed E-state index contributed by atoms with van der Waals surface area (Å²) >= 11 is 0. The molecule has 1 atom stereocenters. The van der Waals surface area contributed by atoms with Crippen LogP contribution in [0.15, 0.2) is 42.1 Å². The first-order valence-electron chi connectivity index (χ1n) is 7.20. The minimum atomic E-state index is 0.589. The molecule has 0 aliphatic carbocycles. The van der Waals surface area contributed by atoms with Crippen LogP contribution in [0.25, 0.3) is 0 Å². The summed E-state index contributed by atoms with van der Waals surface area (Å²) in [7, 11) is 2.15. The lowest BCUT2D eigenvalue weighted by Crippen LogP contribution is -2.39. The highest BCUT2D eigenvalue weighted by molar-refractivity contribution is 5.46. The topological polar surface area (TPSA) is 27.3 Å². The van der Waals surface area contributed by atoms with Crippen molar-refractivity contribution in [2.24, 2.45) is 0 Å². The lowest BCUT2D eigenvalue weighted by molar-refractivity contribution is 0.478. The Labute approximate surface area is 116 Å². The maximum Gasteiger partial charge on any atom is 0.0402 e. The quantitative estimate of drug-likeness (QED) is 0.821. The molecule has 0 aromatic heterocycles. The third-order valence-electron chi connectivity index (χ3n) is 3.62. The van der Waals surface area contributed by atoms with E-state index in [0.29, 0.717) is 6.04 Å². The van der Waals surface area contributed by atoms with E-state index in [1.165, 1.54) is 24.1 Å². The lowest BCUT2D eigenvalue weighted by atomic mass is 10.0. The number of benzene rings is 1. The Balaban J connectivity index is 1.82. The molecule has 19 heavy (non-hydrogen) atoms. The Morgan fingerprint density at radius 1 is 1.32 bits per heavy atom. The number of likely N-dealkylation sites (N-methyl/N-ethyl adjacent to an activating group) is 2. The number of rotatable bonds is 6. The summed E-state index contributed by atoms with van der Waals surface area (Å²) in [6.07, 6.45) is 4.63. The van der Waals surface area contributed by atoms with Crippen LogP contribution in [-0.4, -0.2) is 32.7 Å². The van der Waals surface area contributed by atoms with Crippen molar-refractivity contribution in [1.29, 1.82) is 0 Å². The highest BCUT2D eigenvalue weighted by Gasteiger charge is 2.14. The zero-order valence-corrected chi connectivity index (χ0v) is 12.0. The molecule has 1 aromatic rings. The van der Waals surface area contributed by atoms with E-state index in [4.69, 9.17) is 0 Å². The van der Waals surface area contributed by atoms with Crippen LogP contribution in [0.1, 0.15) is 19.8 Å². The molecule has 0 spiro atoms. The Hall–Kier alpha value is -1.48. The number of anilines is 1. The Bertz CT molecular complexity index is 400. The summed E-state index contributed by atoms with van der Waals surface area (Å²) in [6.45, 7) is 5.27. The van der Waals surface area contributed by atoms with Crippen molar-refractivity contribution < 1.29 is 0 Å². The van der Waals surface area contributed by atoms with Crippen LogP contribution in [0.2, 0.25) is 0 Å². The monoisotopic (exact) mass is 259 g/mol. The summed E-state index contributed by atoms with van der Waals surface area (Å²) in [5, 5.41) is 6.91. The molecule has 1 aliphatic heterocycles. The van der Waals surface area contributed by atoms with E-state index in [0.717, 1.165) is 19.6 Å². The molecule has 1 aromatic carbocycles. The molecule has 0 fully saturated rings. The average molecular weight is 259 g/mol. The van der Waals surface area contributed by atoms with E-state index in [1.807, 2.05) is 0 Å². The van der Waals surface area contributed by atoms with Crippen molar-refractivity contribution >= 4 is 5.69 Å². The van der Waals surface area contributed by atoms with Crippen LogP contribution in [0.3, 0.4) is 0 Å². The third kappa shape index (κ3) is 4.28. The second-order valence-corrected chi connectivity index (χ2v) is 5.20. The predicted octanol–water partition coefficient (Wildman–Crippen LogP) is 2.37. The van der Waals surface area contributed by atoms with Gasteiger partial charge in [0, 0.05) is 31.9 Å². The summed E-state index contributed by atoms with van der Waals surface area (Å²) in [5.74, 6) is 0. The zero-order valence-electron chi connectivity index (χ0n) is 12.0. The highest BCUT2D eigenvalue weighted by Crippen LogP contribution is 2.17. The van der Waals surface area contributed by atoms with Gasteiger partial charge in [-0.25, -0.2) is 0 Å². The van der Waals surface area contributed by atoms with Crippen LogP contribution < -0.4 is 15.5 Å². The molecule has 1 aliphatic rings. The third-order valence-corrected chi connectivity index (χ3v) is 3.62. The molecule has 104 valence electrons. The molecule has 0 bridgehead atoms. The molecule has 3 nitrogen and oxygen atoms in total. The first-order chi connectivity index (χ1) is 9.29. The van der Waals surface area contributed by atoms with Crippen molar-refractivity contribution in [2.45, 2.75) is 25.8 Å². The van der Waals surface area contributed by atoms with E-state index < -0.39 is 0 Å². The van der Waals surface area contributed by atoms with Gasteiger partial charge in [-0.05, 0) is 43.3 Å². The predicted molar refractivity (Wildman–Crippen MR) is 82.5 cm³/mol. The molecule has 2 N–H and O–H groups in total. The van der Waals surface area contributed by atoms with Gasteiger partial charge in [0.15, 0.2) is 0 Å². The van der Waals surface area contributed by atoms with E-state index in [9.17, 15) is 0 Å². The summed E-state index contributed by atoms with van der Waals surface area (Å²) < 4.78 is 0. The standard InChI is InChI=1S/C16H25N3/c1-3-17-12-15-10-9-14(11-18-15)13-19(2)16-7-5-4-6-8-16/h4-8,11,15,17-18H,3,9-10,12-13H2,1-2H3. The Morgan fingerprint density at radius 2 is 2.11 bits per heavy atom. The van der Waals surface area contributed by atoms with Gasteiger partial charge >= 0.3 is 0 Å². The largest absolute Gasteiger partial charge is 0.387 e. The van der Waals surface area contributed by atoms with Gasteiger partial charge in [-0.2, -0.15) is 0 Å². The van der Waals surface area contributed by atoms with Crippen molar-refractivity contribution in [3.63, 3.8) is 0 Å². The smallest absolute Gasteiger partial charge is 0.0402 e. The molecular weight excluding hydrogens is 234 g/mol. The van der Waals surface area contributed by atoms with Gasteiger partial charge in [0.05, 0.1) is 0 Å². The number of hydrogen-bond acceptors (Lipinski definition) is 3. The van der Waals surface area contributed by atoms with Gasteiger partial charge in [0.2, 0.25) is 0 Å². The maximum atomic E-state index is 3.51. The van der Waals surface area contributed by atoms with Crippen LogP contribution in [0.4, 0.5) is 5.69 Å². The van der Waals surface area contributed by atoms with Crippen molar-refractivity contribution in [1.82, 2.24) is 10.6 Å². The molecule has 0 radical (unpaired) electrons. The first-order valence-corrected chi connectivity index (χ1v) is 7.20. The van der Waals surface area contributed by atoms with Crippen molar-refractivity contribution in [3.05, 3.63) is 42.1 Å². The van der Waals surface area contributed by atoms with Gasteiger partial charge in [0.25, 0.3) is 0 Å². The van der Waals surface area contributed by atoms with Crippen LogP contribution in [-0.2, 0) is 0 Å². The summed E-state index contributed by atoms with van der Waals surface area (Å²) in [4.78, 5) is 2.30. The maximum absolute atomic E-state index is 3.51. The summed E-state index contributed by atoms with van der Waals surface area (Å²) in [6, 6.07) is 11.1. The van der Waals surface area contributed by atoms with Crippen LogP contribution in [0, 0.1) is 0 Å². The molecule has 0 amide bonds. The van der Waals surface area contributed by atoms with Gasteiger partial charge < -0.3 is 15.5 Å². The Kier molecular flexibility index (Phi) is 5.28. The number of nitrogens with zero attached hydrogens (tertiary/aromatic N) is 1. The lowest BCUT2D eigenvalue weighted by Gasteiger charge is -2.27. The number of para-hydroxylation sites is 1. The van der Waals surface area contributed by atoms with Gasteiger partial charge in [-0.3, -0.25) is 0 Å². The summed E-state index contributed by atoms with van der Waals surface area (Å²) in [5.41, 5.74) is 2.76. The SMILES string of the molecule is CCNCC1CCC(CN(C)c2ccccc2)=CN1. The first kappa shape index (κ1) is 13.9. The fourth-order valence-electron chi connectivity index (χ4n) is 2.43. The fraction of sp³-hybridized carbons (Fsp3) is 0.500.